The molecule has 0 aliphatic heterocycles. The van der Waals surface area contributed by atoms with E-state index in [9.17, 15) is 13.2 Å². The monoisotopic (exact) mass is 299 g/mol. The van der Waals surface area contributed by atoms with Gasteiger partial charge in [-0.1, -0.05) is 17.7 Å². The van der Waals surface area contributed by atoms with E-state index in [0.717, 1.165) is 5.56 Å². The topological polar surface area (TPSA) is 72.5 Å². The van der Waals surface area contributed by atoms with Crippen LogP contribution in [0.3, 0.4) is 0 Å². The molecule has 0 bridgehead atoms. The standard InChI is InChI=1S/C14H21NO4S/c1-9-7-10(2)12(11(3)8-9)20(17,18)19-13(16)15-14(4,5)6/h7-8H,1-6H3,(H,15,16). The molecule has 1 amide bonds. The Bertz CT molecular complexity index is 604. The van der Waals surface area contributed by atoms with E-state index in [-0.39, 0.29) is 4.90 Å². The maximum atomic E-state index is 12.2. The number of carbonyl (C=O) groups is 1. The van der Waals surface area contributed by atoms with Crippen molar-refractivity contribution in [2.75, 3.05) is 0 Å². The second-order valence-corrected chi connectivity index (χ2v) is 7.41. The van der Waals surface area contributed by atoms with Crippen LogP contribution in [0.1, 0.15) is 37.5 Å². The highest BCUT2D eigenvalue weighted by atomic mass is 32.2. The largest absolute Gasteiger partial charge is 0.423 e. The molecule has 0 heterocycles. The van der Waals surface area contributed by atoms with Crippen LogP contribution in [-0.4, -0.2) is 20.0 Å². The highest BCUT2D eigenvalue weighted by Crippen LogP contribution is 2.23. The molecule has 1 rings (SSSR count). The number of hydrogen-bond donors (Lipinski definition) is 1. The Kier molecular flexibility index (Phi) is 4.49. The highest BCUT2D eigenvalue weighted by Gasteiger charge is 2.26. The van der Waals surface area contributed by atoms with Gasteiger partial charge in [-0.15, -0.1) is 0 Å². The van der Waals surface area contributed by atoms with Crippen molar-refractivity contribution in [3.63, 3.8) is 0 Å². The summed E-state index contributed by atoms with van der Waals surface area (Å²) >= 11 is 0. The molecular weight excluding hydrogens is 278 g/mol. The summed E-state index contributed by atoms with van der Waals surface area (Å²) in [6.07, 6.45) is -0.975. The van der Waals surface area contributed by atoms with Gasteiger partial charge in [0.25, 0.3) is 0 Å². The lowest BCUT2D eigenvalue weighted by atomic mass is 10.1. The van der Waals surface area contributed by atoms with E-state index in [1.165, 1.54) is 0 Å². The average Bonchev–Trinajstić information content (AvgIpc) is 2.08. The molecule has 0 radical (unpaired) electrons. The summed E-state index contributed by atoms with van der Waals surface area (Å²) in [7, 11) is -4.12. The minimum Gasteiger partial charge on any atom is -0.324 e. The third-order valence-corrected chi connectivity index (χ3v) is 4.03. The van der Waals surface area contributed by atoms with Gasteiger partial charge in [-0.25, -0.2) is 4.79 Å². The van der Waals surface area contributed by atoms with Crippen molar-refractivity contribution in [2.45, 2.75) is 52.0 Å². The average molecular weight is 299 g/mol. The quantitative estimate of drug-likeness (QED) is 0.852. The Morgan fingerprint density at radius 2 is 1.55 bits per heavy atom. The van der Waals surface area contributed by atoms with Crippen molar-refractivity contribution in [1.29, 1.82) is 0 Å². The molecule has 0 atom stereocenters. The molecule has 5 nitrogen and oxygen atoms in total. The van der Waals surface area contributed by atoms with E-state index < -0.39 is 21.8 Å². The first-order valence-electron chi connectivity index (χ1n) is 6.27. The molecule has 1 aromatic rings. The molecule has 6 heteroatoms. The van der Waals surface area contributed by atoms with Crippen molar-refractivity contribution in [3.05, 3.63) is 28.8 Å². The summed E-state index contributed by atoms with van der Waals surface area (Å²) < 4.78 is 29.0. The van der Waals surface area contributed by atoms with Crippen LogP contribution in [0.4, 0.5) is 4.79 Å². The molecule has 0 aromatic heterocycles. The van der Waals surface area contributed by atoms with Crippen molar-refractivity contribution in [3.8, 4) is 0 Å². The molecule has 1 aromatic carbocycles. The number of hydrogen-bond acceptors (Lipinski definition) is 4. The summed E-state index contributed by atoms with van der Waals surface area (Å²) in [5, 5.41) is 2.45. The number of benzene rings is 1. The first kappa shape index (κ1) is 16.5. The summed E-state index contributed by atoms with van der Waals surface area (Å²) in [5.74, 6) is 0. The Morgan fingerprint density at radius 3 is 1.95 bits per heavy atom. The Balaban J connectivity index is 3.10. The van der Waals surface area contributed by atoms with E-state index in [1.807, 2.05) is 6.92 Å². The Labute approximate surface area is 120 Å². The van der Waals surface area contributed by atoms with Crippen molar-refractivity contribution >= 4 is 16.2 Å². The van der Waals surface area contributed by atoms with Gasteiger partial charge in [0, 0.05) is 5.54 Å². The summed E-state index contributed by atoms with van der Waals surface area (Å²) in [6.45, 7) is 10.5. The molecule has 0 fully saturated rings. The molecule has 0 spiro atoms. The van der Waals surface area contributed by atoms with Gasteiger partial charge in [0.15, 0.2) is 0 Å². The van der Waals surface area contributed by atoms with Crippen LogP contribution in [0.25, 0.3) is 0 Å². The normalized spacial score (nSPS) is 12.1. The summed E-state index contributed by atoms with van der Waals surface area (Å²) in [6, 6.07) is 3.48. The van der Waals surface area contributed by atoms with Gasteiger partial charge in [-0.3, -0.25) is 0 Å². The van der Waals surface area contributed by atoms with E-state index in [4.69, 9.17) is 0 Å². The first-order valence-corrected chi connectivity index (χ1v) is 7.68. The molecule has 1 N–H and O–H groups in total. The zero-order valence-electron chi connectivity index (χ0n) is 12.7. The zero-order valence-corrected chi connectivity index (χ0v) is 13.5. The molecular formula is C14H21NO4S. The predicted molar refractivity (Wildman–Crippen MR) is 77.2 cm³/mol. The number of rotatable bonds is 2. The lowest BCUT2D eigenvalue weighted by molar-refractivity contribution is 0.192. The minimum atomic E-state index is -4.12. The third kappa shape index (κ3) is 4.23. The van der Waals surface area contributed by atoms with Crippen LogP contribution in [0.15, 0.2) is 17.0 Å². The van der Waals surface area contributed by atoms with E-state index in [2.05, 4.69) is 9.50 Å². The smallest absolute Gasteiger partial charge is 0.324 e. The Hall–Kier alpha value is -1.56. The van der Waals surface area contributed by atoms with E-state index >= 15 is 0 Å². The summed E-state index contributed by atoms with van der Waals surface area (Å²) in [5.41, 5.74) is 1.51. The first-order chi connectivity index (χ1) is 8.92. The number of carbonyl (C=O) groups excluding carboxylic acids is 1. The van der Waals surface area contributed by atoms with E-state index in [1.54, 1.807) is 46.8 Å². The Morgan fingerprint density at radius 1 is 1.10 bits per heavy atom. The van der Waals surface area contributed by atoms with Crippen LogP contribution in [0.2, 0.25) is 0 Å². The highest BCUT2D eigenvalue weighted by molar-refractivity contribution is 7.87. The van der Waals surface area contributed by atoms with Crippen LogP contribution < -0.4 is 5.32 Å². The van der Waals surface area contributed by atoms with Gasteiger partial charge in [0.1, 0.15) is 4.90 Å². The van der Waals surface area contributed by atoms with Crippen LogP contribution in [-0.2, 0) is 14.3 Å². The number of nitrogens with one attached hydrogen (secondary N) is 1. The maximum absolute atomic E-state index is 12.2. The lowest BCUT2D eigenvalue weighted by Crippen LogP contribution is -2.41. The number of amides is 1. The van der Waals surface area contributed by atoms with E-state index in [0.29, 0.717) is 11.1 Å². The van der Waals surface area contributed by atoms with Crippen molar-refractivity contribution in [1.82, 2.24) is 5.32 Å². The molecule has 112 valence electrons. The fourth-order valence-electron chi connectivity index (χ4n) is 2.03. The number of aryl methyl sites for hydroxylation is 3. The van der Waals surface area contributed by atoms with Crippen molar-refractivity contribution in [2.24, 2.45) is 0 Å². The van der Waals surface area contributed by atoms with Gasteiger partial charge in [-0.05, 0) is 52.7 Å². The fraction of sp³-hybridized carbons (Fsp3) is 0.500. The maximum Gasteiger partial charge on any atom is 0.423 e. The second-order valence-electron chi connectivity index (χ2n) is 5.93. The third-order valence-electron chi connectivity index (χ3n) is 2.52. The van der Waals surface area contributed by atoms with Gasteiger partial charge in [0.05, 0.1) is 0 Å². The molecule has 0 unspecified atom stereocenters. The van der Waals surface area contributed by atoms with Crippen LogP contribution >= 0.6 is 0 Å². The molecule has 0 aliphatic carbocycles. The van der Waals surface area contributed by atoms with Gasteiger partial charge in [-0.2, -0.15) is 8.42 Å². The van der Waals surface area contributed by atoms with Gasteiger partial charge < -0.3 is 9.50 Å². The predicted octanol–water partition coefficient (Wildman–Crippen LogP) is 2.83. The lowest BCUT2D eigenvalue weighted by Gasteiger charge is -2.20. The second kappa shape index (κ2) is 5.44. The molecule has 20 heavy (non-hydrogen) atoms. The minimum absolute atomic E-state index is 0.0483. The fourth-order valence-corrected chi connectivity index (χ4v) is 3.26. The zero-order chi connectivity index (χ0) is 15.7. The molecule has 0 saturated carbocycles. The van der Waals surface area contributed by atoms with Crippen LogP contribution in [0.5, 0.6) is 0 Å². The van der Waals surface area contributed by atoms with Crippen LogP contribution in [0, 0.1) is 20.8 Å². The molecule has 0 saturated heterocycles. The van der Waals surface area contributed by atoms with Gasteiger partial charge >= 0.3 is 16.2 Å². The van der Waals surface area contributed by atoms with Gasteiger partial charge in [0.2, 0.25) is 0 Å². The molecule has 0 aliphatic rings. The summed E-state index contributed by atoms with van der Waals surface area (Å²) in [4.78, 5) is 11.7. The SMILES string of the molecule is Cc1cc(C)c(S(=O)(=O)OC(=O)NC(C)(C)C)c(C)c1. The van der Waals surface area contributed by atoms with Crippen molar-refractivity contribution < 1.29 is 17.4 Å².